The predicted molar refractivity (Wildman–Crippen MR) is 109 cm³/mol. The van der Waals surface area contributed by atoms with Crippen LogP contribution in [-0.4, -0.2) is 50.4 Å². The van der Waals surface area contributed by atoms with Crippen molar-refractivity contribution < 1.29 is 14.3 Å². The molecule has 2 aliphatic rings. The Morgan fingerprint density at radius 2 is 1.59 bits per heavy atom. The van der Waals surface area contributed by atoms with Gasteiger partial charge in [-0.25, -0.2) is 4.79 Å². The molecule has 0 unspecified atom stereocenters. The highest BCUT2D eigenvalue weighted by Crippen LogP contribution is 2.41. The summed E-state index contributed by atoms with van der Waals surface area (Å²) >= 11 is 0. The monoisotopic (exact) mass is 391 g/mol. The van der Waals surface area contributed by atoms with Crippen molar-refractivity contribution in [3.63, 3.8) is 0 Å². The number of hydrogen-bond donors (Lipinski definition) is 1. The summed E-state index contributed by atoms with van der Waals surface area (Å²) < 4.78 is 11.2. The summed E-state index contributed by atoms with van der Waals surface area (Å²) in [6.45, 7) is 4.31. The molecule has 0 saturated carbocycles. The first kappa shape index (κ1) is 19.4. The van der Waals surface area contributed by atoms with Crippen LogP contribution < -0.4 is 10.1 Å². The minimum absolute atomic E-state index is 0.159. The van der Waals surface area contributed by atoms with E-state index in [1.165, 1.54) is 11.1 Å². The highest BCUT2D eigenvalue weighted by Gasteiger charge is 2.36. The lowest BCUT2D eigenvalue weighted by Crippen LogP contribution is -2.47. The van der Waals surface area contributed by atoms with Gasteiger partial charge in [0, 0.05) is 44.8 Å². The van der Waals surface area contributed by atoms with Crippen molar-refractivity contribution in [2.24, 2.45) is 0 Å². The lowest BCUT2D eigenvalue weighted by atomic mass is 9.69. The Hall–Kier alpha value is -2.88. The number of carbonyl (C=O) groups is 1. The van der Waals surface area contributed by atoms with Crippen molar-refractivity contribution in [3.8, 4) is 11.8 Å². The molecule has 150 valence electrons. The third-order valence-corrected chi connectivity index (χ3v) is 5.90. The van der Waals surface area contributed by atoms with Crippen LogP contribution in [0.1, 0.15) is 29.5 Å². The summed E-state index contributed by atoms with van der Waals surface area (Å²) in [5, 5.41) is 12.3. The van der Waals surface area contributed by atoms with E-state index < -0.39 is 0 Å². The van der Waals surface area contributed by atoms with Crippen molar-refractivity contribution in [2.75, 3.05) is 39.4 Å². The van der Waals surface area contributed by atoms with Gasteiger partial charge in [0.05, 0.1) is 11.6 Å². The molecule has 2 aromatic rings. The van der Waals surface area contributed by atoms with Crippen LogP contribution in [0.5, 0.6) is 5.75 Å². The summed E-state index contributed by atoms with van der Waals surface area (Å²) in [7, 11) is 0. The number of nitrogens with one attached hydrogen (secondary N) is 1. The number of rotatable bonds is 3. The molecule has 1 amide bonds. The molecular formula is C23H25N3O3. The fourth-order valence-electron chi connectivity index (χ4n) is 4.18. The molecule has 2 saturated heterocycles. The molecule has 0 aliphatic carbocycles. The number of nitrogens with zero attached hydrogens (tertiary/aromatic N) is 2. The van der Waals surface area contributed by atoms with Gasteiger partial charge < -0.3 is 19.7 Å². The number of piperazine rings is 1. The highest BCUT2D eigenvalue weighted by atomic mass is 16.6. The van der Waals surface area contributed by atoms with Crippen LogP contribution in [0.25, 0.3) is 0 Å². The molecular weight excluding hydrogens is 366 g/mol. The molecule has 0 spiro atoms. The van der Waals surface area contributed by atoms with Crippen LogP contribution in [0.3, 0.4) is 0 Å². The first-order valence-corrected chi connectivity index (χ1v) is 10.1. The van der Waals surface area contributed by atoms with Gasteiger partial charge in [-0.05, 0) is 48.2 Å². The number of ether oxygens (including phenoxy) is 2. The average molecular weight is 391 g/mol. The second-order valence-electron chi connectivity index (χ2n) is 7.51. The molecule has 0 atom stereocenters. The predicted octanol–water partition coefficient (Wildman–Crippen LogP) is 3.06. The molecule has 0 radical (unpaired) electrons. The molecule has 4 rings (SSSR count). The topological polar surface area (TPSA) is 74.6 Å². The smallest absolute Gasteiger partial charge is 0.410 e. The van der Waals surface area contributed by atoms with Crippen LogP contribution in [0.4, 0.5) is 4.79 Å². The van der Waals surface area contributed by atoms with Crippen molar-refractivity contribution in [1.29, 1.82) is 5.26 Å². The Kier molecular flexibility index (Phi) is 5.79. The van der Waals surface area contributed by atoms with E-state index in [0.29, 0.717) is 37.6 Å². The standard InChI is InChI=1S/C23H25N3O3/c24-17-18-1-3-19(4-2-18)23(9-15-28-16-10-23)20-5-7-21(8-6-20)29-22(27)26-13-11-25-12-14-26/h1-8,25H,9-16H2. The Bertz CT molecular complexity index is 875. The van der Waals surface area contributed by atoms with Gasteiger partial charge in [-0.3, -0.25) is 0 Å². The van der Waals surface area contributed by atoms with Gasteiger partial charge in [0.15, 0.2) is 0 Å². The van der Waals surface area contributed by atoms with Gasteiger partial charge in [-0.2, -0.15) is 5.26 Å². The lowest BCUT2D eigenvalue weighted by molar-refractivity contribution is 0.0631. The molecule has 0 aromatic heterocycles. The van der Waals surface area contributed by atoms with Crippen LogP contribution in [0.2, 0.25) is 0 Å². The summed E-state index contributed by atoms with van der Waals surface area (Å²) in [5.41, 5.74) is 2.86. The summed E-state index contributed by atoms with van der Waals surface area (Å²) in [6, 6.07) is 17.8. The van der Waals surface area contributed by atoms with Gasteiger partial charge in [0.1, 0.15) is 5.75 Å². The number of amides is 1. The molecule has 6 heteroatoms. The normalized spacial score (nSPS) is 18.7. The Labute approximate surface area is 171 Å². The highest BCUT2D eigenvalue weighted by molar-refractivity contribution is 5.70. The zero-order chi connectivity index (χ0) is 20.1. The van der Waals surface area contributed by atoms with Crippen LogP contribution in [0.15, 0.2) is 48.5 Å². The maximum Gasteiger partial charge on any atom is 0.415 e. The summed E-state index contributed by atoms with van der Waals surface area (Å²) in [4.78, 5) is 14.1. The molecule has 2 aromatic carbocycles. The molecule has 2 heterocycles. The minimum atomic E-state index is -0.299. The Balaban J connectivity index is 1.55. The van der Waals surface area contributed by atoms with Crippen molar-refractivity contribution >= 4 is 6.09 Å². The fourth-order valence-corrected chi connectivity index (χ4v) is 4.18. The third kappa shape index (κ3) is 4.12. The second kappa shape index (κ2) is 8.64. The van der Waals surface area contributed by atoms with Gasteiger partial charge in [0.2, 0.25) is 0 Å². The van der Waals surface area contributed by atoms with E-state index in [2.05, 4.69) is 11.4 Å². The maximum absolute atomic E-state index is 12.3. The molecule has 29 heavy (non-hydrogen) atoms. The van der Waals surface area contributed by atoms with Gasteiger partial charge in [-0.1, -0.05) is 24.3 Å². The first-order chi connectivity index (χ1) is 14.2. The van der Waals surface area contributed by atoms with Gasteiger partial charge in [-0.15, -0.1) is 0 Å². The minimum Gasteiger partial charge on any atom is -0.410 e. The van der Waals surface area contributed by atoms with E-state index in [4.69, 9.17) is 14.7 Å². The van der Waals surface area contributed by atoms with Crippen LogP contribution >= 0.6 is 0 Å². The van der Waals surface area contributed by atoms with Crippen LogP contribution in [0, 0.1) is 11.3 Å². The van der Waals surface area contributed by atoms with Crippen molar-refractivity contribution in [2.45, 2.75) is 18.3 Å². The SMILES string of the molecule is N#Cc1ccc(C2(c3ccc(OC(=O)N4CCNCC4)cc3)CCOCC2)cc1. The Morgan fingerprint density at radius 1 is 1.00 bits per heavy atom. The molecule has 1 N–H and O–H groups in total. The Morgan fingerprint density at radius 3 is 2.17 bits per heavy atom. The third-order valence-electron chi connectivity index (χ3n) is 5.90. The van der Waals surface area contributed by atoms with Crippen LogP contribution in [-0.2, 0) is 10.2 Å². The van der Waals surface area contributed by atoms with E-state index in [-0.39, 0.29) is 11.5 Å². The molecule has 2 fully saturated rings. The quantitative estimate of drug-likeness (QED) is 0.870. The van der Waals surface area contributed by atoms with E-state index in [1.54, 1.807) is 4.90 Å². The summed E-state index contributed by atoms with van der Waals surface area (Å²) in [6.07, 6.45) is 1.45. The fraction of sp³-hybridized carbons (Fsp3) is 0.391. The molecule has 6 nitrogen and oxygen atoms in total. The first-order valence-electron chi connectivity index (χ1n) is 10.1. The lowest BCUT2D eigenvalue weighted by Gasteiger charge is -2.38. The van der Waals surface area contributed by atoms with Crippen molar-refractivity contribution in [1.82, 2.24) is 10.2 Å². The zero-order valence-electron chi connectivity index (χ0n) is 16.4. The van der Waals surface area contributed by atoms with E-state index in [0.717, 1.165) is 25.9 Å². The summed E-state index contributed by atoms with van der Waals surface area (Å²) in [5.74, 6) is 0.555. The van der Waals surface area contributed by atoms with E-state index >= 15 is 0 Å². The van der Waals surface area contributed by atoms with Gasteiger partial charge >= 0.3 is 6.09 Å². The second-order valence-corrected chi connectivity index (χ2v) is 7.51. The molecule has 2 aliphatic heterocycles. The van der Waals surface area contributed by atoms with Gasteiger partial charge in [0.25, 0.3) is 0 Å². The van der Waals surface area contributed by atoms with Crippen molar-refractivity contribution in [3.05, 3.63) is 65.2 Å². The van der Waals surface area contributed by atoms with E-state index in [1.807, 2.05) is 48.5 Å². The number of carbonyl (C=O) groups excluding carboxylic acids is 1. The average Bonchev–Trinajstić information content (AvgIpc) is 2.80. The van der Waals surface area contributed by atoms with E-state index in [9.17, 15) is 4.79 Å². The number of hydrogen-bond acceptors (Lipinski definition) is 5. The largest absolute Gasteiger partial charge is 0.415 e. The molecule has 0 bridgehead atoms. The number of nitriles is 1. The zero-order valence-corrected chi connectivity index (χ0v) is 16.4. The number of benzene rings is 2. The maximum atomic E-state index is 12.3.